The number of amides is 1. The summed E-state index contributed by atoms with van der Waals surface area (Å²) in [6.07, 6.45) is 0.665. The maximum absolute atomic E-state index is 12.3. The Labute approximate surface area is 144 Å². The van der Waals surface area contributed by atoms with Crippen molar-refractivity contribution in [2.75, 3.05) is 39.3 Å². The van der Waals surface area contributed by atoms with Gasteiger partial charge in [-0.1, -0.05) is 0 Å². The van der Waals surface area contributed by atoms with Crippen LogP contribution in [0.3, 0.4) is 0 Å². The minimum absolute atomic E-state index is 0.275. The van der Waals surface area contributed by atoms with E-state index in [2.05, 4.69) is 10.3 Å². The molecule has 0 saturated carbocycles. The molecule has 0 fully saturated rings. The van der Waals surface area contributed by atoms with Crippen LogP contribution in [0.15, 0.2) is 23.6 Å². The molecule has 1 aromatic carbocycles. The van der Waals surface area contributed by atoms with Gasteiger partial charge < -0.3 is 25.3 Å². The Hall–Kier alpha value is -2.16. The average Bonchev–Trinajstić information content (AvgIpc) is 3.04. The van der Waals surface area contributed by atoms with Crippen molar-refractivity contribution in [1.29, 1.82) is 0 Å². The predicted molar refractivity (Wildman–Crippen MR) is 93.2 cm³/mol. The number of nitrogens with one attached hydrogen (secondary N) is 1. The summed E-state index contributed by atoms with van der Waals surface area (Å²) in [5.74, 6) is 0.847. The summed E-state index contributed by atoms with van der Waals surface area (Å²) in [5, 5.41) is 5.37. The number of anilines is 1. The molecule has 0 aliphatic carbocycles. The predicted octanol–water partition coefficient (Wildman–Crippen LogP) is 1.93. The minimum atomic E-state index is -0.275. The molecule has 2 aromatic rings. The molecule has 0 unspecified atom stereocenters. The van der Waals surface area contributed by atoms with Gasteiger partial charge in [0.05, 0.1) is 18.7 Å². The molecule has 3 N–H and O–H groups in total. The molecule has 0 bridgehead atoms. The number of carbonyl (C=O) groups excluding carboxylic acids is 1. The van der Waals surface area contributed by atoms with E-state index in [-0.39, 0.29) is 5.91 Å². The van der Waals surface area contributed by atoms with Gasteiger partial charge in [0.2, 0.25) is 0 Å². The second-order valence-corrected chi connectivity index (χ2v) is 5.77. The van der Waals surface area contributed by atoms with Crippen molar-refractivity contribution < 1.29 is 19.0 Å². The van der Waals surface area contributed by atoms with Gasteiger partial charge in [0.1, 0.15) is 12.3 Å². The molecule has 24 heavy (non-hydrogen) atoms. The largest absolute Gasteiger partial charge is 0.493 e. The Morgan fingerprint density at radius 3 is 2.83 bits per heavy atom. The number of methoxy groups -OCH3 is 2. The molecule has 1 heterocycles. The first-order valence-electron chi connectivity index (χ1n) is 7.43. The number of hydrogen-bond donors (Lipinski definition) is 2. The van der Waals surface area contributed by atoms with Crippen LogP contribution in [-0.4, -0.2) is 44.9 Å². The van der Waals surface area contributed by atoms with Gasteiger partial charge in [0.25, 0.3) is 5.91 Å². The Morgan fingerprint density at radius 2 is 2.12 bits per heavy atom. The fraction of sp³-hybridized carbons (Fsp3) is 0.375. The van der Waals surface area contributed by atoms with E-state index in [4.69, 9.17) is 19.9 Å². The van der Waals surface area contributed by atoms with Crippen LogP contribution < -0.4 is 20.5 Å². The molecule has 1 aromatic heterocycles. The maximum Gasteiger partial charge on any atom is 0.275 e. The lowest BCUT2D eigenvalue weighted by Gasteiger charge is -2.12. The highest BCUT2D eigenvalue weighted by molar-refractivity contribution is 7.09. The summed E-state index contributed by atoms with van der Waals surface area (Å²) in [7, 11) is 3.16. The van der Waals surface area contributed by atoms with E-state index in [9.17, 15) is 4.79 Å². The first-order valence-corrected chi connectivity index (χ1v) is 8.31. The highest BCUT2D eigenvalue weighted by atomic mass is 32.1. The van der Waals surface area contributed by atoms with Gasteiger partial charge in [-0.05, 0) is 18.7 Å². The van der Waals surface area contributed by atoms with Crippen molar-refractivity contribution in [3.8, 4) is 11.5 Å². The summed E-state index contributed by atoms with van der Waals surface area (Å²) >= 11 is 1.43. The second kappa shape index (κ2) is 9.21. The second-order valence-electron chi connectivity index (χ2n) is 4.83. The molecule has 0 aliphatic rings. The van der Waals surface area contributed by atoms with E-state index in [1.165, 1.54) is 11.3 Å². The van der Waals surface area contributed by atoms with E-state index in [0.717, 1.165) is 5.01 Å². The maximum atomic E-state index is 12.3. The number of aromatic nitrogens is 1. The first kappa shape index (κ1) is 18.2. The topological polar surface area (TPSA) is 95.7 Å². The highest BCUT2D eigenvalue weighted by Crippen LogP contribution is 2.30. The van der Waals surface area contributed by atoms with Crippen molar-refractivity contribution in [3.05, 3.63) is 34.3 Å². The number of carbonyl (C=O) groups is 1. The first-order chi connectivity index (χ1) is 11.7. The quantitative estimate of drug-likeness (QED) is 0.670. The van der Waals surface area contributed by atoms with Crippen molar-refractivity contribution in [1.82, 2.24) is 4.98 Å². The summed E-state index contributed by atoms with van der Waals surface area (Å²) in [6.45, 7) is 1.36. The minimum Gasteiger partial charge on any atom is -0.493 e. The van der Waals surface area contributed by atoms with Crippen LogP contribution in [0.5, 0.6) is 11.5 Å². The van der Waals surface area contributed by atoms with E-state index in [1.54, 1.807) is 37.8 Å². The number of nitrogens with two attached hydrogens (primary N) is 1. The van der Waals surface area contributed by atoms with Gasteiger partial charge in [0, 0.05) is 30.7 Å². The zero-order chi connectivity index (χ0) is 17.4. The van der Waals surface area contributed by atoms with Gasteiger partial charge in [-0.2, -0.15) is 0 Å². The summed E-state index contributed by atoms with van der Waals surface area (Å²) in [4.78, 5) is 16.5. The molecule has 0 aliphatic heterocycles. The number of rotatable bonds is 9. The molecule has 0 saturated heterocycles. The van der Waals surface area contributed by atoms with Crippen molar-refractivity contribution >= 4 is 22.9 Å². The molecule has 8 heteroatoms. The third-order valence-corrected chi connectivity index (χ3v) is 4.02. The fourth-order valence-electron chi connectivity index (χ4n) is 1.95. The lowest BCUT2D eigenvalue weighted by Crippen LogP contribution is -2.13. The van der Waals surface area contributed by atoms with E-state index >= 15 is 0 Å². The monoisotopic (exact) mass is 351 g/mol. The average molecular weight is 351 g/mol. The summed E-state index contributed by atoms with van der Waals surface area (Å²) < 4.78 is 15.8. The van der Waals surface area contributed by atoms with Crippen molar-refractivity contribution in [2.45, 2.75) is 6.42 Å². The smallest absolute Gasteiger partial charge is 0.275 e. The van der Waals surface area contributed by atoms with Gasteiger partial charge in [-0.15, -0.1) is 11.3 Å². The number of benzene rings is 1. The molecule has 0 spiro atoms. The molecule has 7 nitrogen and oxygen atoms in total. The zero-order valence-corrected chi connectivity index (χ0v) is 14.5. The Balaban J connectivity index is 2.07. The molecule has 130 valence electrons. The van der Waals surface area contributed by atoms with Crippen LogP contribution in [0, 0.1) is 0 Å². The molecular formula is C16H21N3O4S. The lowest BCUT2D eigenvalue weighted by molar-refractivity contribution is 0.102. The number of thiazole rings is 1. The number of ether oxygens (including phenoxy) is 3. The number of nitrogens with zero attached hydrogens (tertiary/aromatic N) is 1. The summed E-state index contributed by atoms with van der Waals surface area (Å²) in [6, 6.07) is 5.19. The van der Waals surface area contributed by atoms with Crippen LogP contribution in [0.25, 0.3) is 0 Å². The molecule has 0 atom stereocenters. The Bertz CT molecular complexity index is 675. The van der Waals surface area contributed by atoms with Crippen LogP contribution in [0.1, 0.15) is 15.5 Å². The third kappa shape index (κ3) is 4.92. The summed E-state index contributed by atoms with van der Waals surface area (Å²) in [5.41, 5.74) is 6.47. The third-order valence-electron chi connectivity index (χ3n) is 3.11. The zero-order valence-electron chi connectivity index (χ0n) is 13.7. The van der Waals surface area contributed by atoms with Crippen LogP contribution in [0.2, 0.25) is 0 Å². The van der Waals surface area contributed by atoms with Gasteiger partial charge >= 0.3 is 0 Å². The van der Waals surface area contributed by atoms with Gasteiger partial charge in [-0.3, -0.25) is 4.79 Å². The fourth-order valence-corrected chi connectivity index (χ4v) is 2.74. The Kier molecular flexibility index (Phi) is 6.98. The molecular weight excluding hydrogens is 330 g/mol. The van der Waals surface area contributed by atoms with Gasteiger partial charge in [0.15, 0.2) is 11.5 Å². The van der Waals surface area contributed by atoms with Crippen molar-refractivity contribution in [2.24, 2.45) is 5.73 Å². The van der Waals surface area contributed by atoms with Crippen LogP contribution in [-0.2, 0) is 11.2 Å². The van der Waals surface area contributed by atoms with Crippen molar-refractivity contribution in [3.63, 3.8) is 0 Å². The van der Waals surface area contributed by atoms with E-state index in [1.807, 2.05) is 0 Å². The SMILES string of the molecule is COCCOc1cc(NC(=O)c2csc(CCN)n2)ccc1OC. The Morgan fingerprint density at radius 1 is 1.29 bits per heavy atom. The van der Waals surface area contributed by atoms with E-state index < -0.39 is 0 Å². The number of hydrogen-bond acceptors (Lipinski definition) is 7. The highest BCUT2D eigenvalue weighted by Gasteiger charge is 2.13. The van der Waals surface area contributed by atoms with Crippen LogP contribution in [0.4, 0.5) is 5.69 Å². The molecule has 1 amide bonds. The van der Waals surface area contributed by atoms with Gasteiger partial charge in [-0.25, -0.2) is 4.98 Å². The standard InChI is InChI=1S/C16H21N3O4S/c1-21-7-8-23-14-9-11(3-4-13(14)22-2)18-16(20)12-10-24-15(19-12)5-6-17/h3-4,9-10H,5-8,17H2,1-2H3,(H,18,20). The lowest BCUT2D eigenvalue weighted by atomic mass is 10.2. The van der Waals surface area contributed by atoms with E-state index in [0.29, 0.717) is 49.1 Å². The normalized spacial score (nSPS) is 10.5. The molecule has 2 rings (SSSR count). The molecule has 0 radical (unpaired) electrons. The van der Waals surface area contributed by atoms with Crippen LogP contribution >= 0.6 is 11.3 Å².